The number of hydrogen-bond acceptors (Lipinski definition) is 3. The molecule has 0 saturated heterocycles. The highest BCUT2D eigenvalue weighted by atomic mass is 16.4. The van der Waals surface area contributed by atoms with Crippen LogP contribution in [0.2, 0.25) is 0 Å². The zero-order chi connectivity index (χ0) is 13.5. The molecule has 0 aromatic heterocycles. The second-order valence-electron chi connectivity index (χ2n) is 4.14. The van der Waals surface area contributed by atoms with E-state index in [0.717, 1.165) is 0 Å². The minimum Gasteiger partial charge on any atom is -0.478 e. The van der Waals surface area contributed by atoms with Crippen molar-refractivity contribution in [3.63, 3.8) is 0 Å². The average Bonchev–Trinajstić information content (AvgIpc) is 2.38. The van der Waals surface area contributed by atoms with Crippen LogP contribution < -0.4 is 11.1 Å². The van der Waals surface area contributed by atoms with Crippen LogP contribution in [0.1, 0.15) is 22.8 Å². The number of carboxylic acids is 1. The van der Waals surface area contributed by atoms with Gasteiger partial charge in [0.2, 0.25) is 5.91 Å². The molecule has 1 unspecified atom stereocenters. The summed E-state index contributed by atoms with van der Waals surface area (Å²) in [6.07, 6.45) is 0.492. The highest BCUT2D eigenvalue weighted by Crippen LogP contribution is 2.09. The topological polar surface area (TPSA) is 92.4 Å². The smallest absolute Gasteiger partial charge is 0.335 e. The molecule has 0 radical (unpaired) electrons. The minimum atomic E-state index is -0.952. The Labute approximate surface area is 106 Å². The largest absolute Gasteiger partial charge is 0.478 e. The number of benzene rings is 1. The van der Waals surface area contributed by atoms with Gasteiger partial charge in [-0.15, -0.1) is 0 Å². The molecule has 1 aromatic carbocycles. The first kappa shape index (κ1) is 14.2. The van der Waals surface area contributed by atoms with Crippen molar-refractivity contribution in [1.82, 2.24) is 5.32 Å². The maximum Gasteiger partial charge on any atom is 0.335 e. The molecule has 0 aliphatic heterocycles. The van der Waals surface area contributed by atoms with Gasteiger partial charge in [0.15, 0.2) is 0 Å². The summed E-state index contributed by atoms with van der Waals surface area (Å²) >= 11 is 0. The first-order valence-corrected chi connectivity index (χ1v) is 5.85. The first-order valence-electron chi connectivity index (χ1n) is 5.85. The number of amides is 1. The Balaban J connectivity index is 2.54. The van der Waals surface area contributed by atoms with Gasteiger partial charge in [-0.3, -0.25) is 4.79 Å². The van der Waals surface area contributed by atoms with Gasteiger partial charge in [0.1, 0.15) is 0 Å². The summed E-state index contributed by atoms with van der Waals surface area (Å²) < 4.78 is 0. The molecule has 18 heavy (non-hydrogen) atoms. The number of aromatic carboxylic acids is 1. The summed E-state index contributed by atoms with van der Waals surface area (Å²) in [5.74, 6) is -1.28. The van der Waals surface area contributed by atoms with Crippen LogP contribution in [0.3, 0.4) is 0 Å². The monoisotopic (exact) mass is 250 g/mol. The lowest BCUT2D eigenvalue weighted by Crippen LogP contribution is -2.34. The van der Waals surface area contributed by atoms with Crippen molar-refractivity contribution in [2.45, 2.75) is 13.3 Å². The predicted molar refractivity (Wildman–Crippen MR) is 68.3 cm³/mol. The van der Waals surface area contributed by atoms with Gasteiger partial charge in [-0.1, -0.05) is 25.1 Å². The molecule has 1 aromatic rings. The molecule has 98 valence electrons. The normalized spacial score (nSPS) is 11.9. The van der Waals surface area contributed by atoms with Gasteiger partial charge in [-0.05, 0) is 18.1 Å². The Morgan fingerprint density at radius 1 is 1.39 bits per heavy atom. The summed E-state index contributed by atoms with van der Waals surface area (Å²) in [4.78, 5) is 22.4. The number of carboxylic acid groups (broad SMARTS) is 1. The fourth-order valence-corrected chi connectivity index (χ4v) is 1.55. The fraction of sp³-hybridized carbons (Fsp3) is 0.385. The van der Waals surface area contributed by atoms with Crippen molar-refractivity contribution in [3.8, 4) is 0 Å². The number of rotatable bonds is 6. The molecule has 0 heterocycles. The van der Waals surface area contributed by atoms with Crippen molar-refractivity contribution < 1.29 is 14.7 Å². The molecular weight excluding hydrogens is 232 g/mol. The van der Waals surface area contributed by atoms with Crippen molar-refractivity contribution in [3.05, 3.63) is 35.4 Å². The summed E-state index contributed by atoms with van der Waals surface area (Å²) in [6.45, 7) is 2.46. The van der Waals surface area contributed by atoms with Crippen molar-refractivity contribution >= 4 is 11.9 Å². The highest BCUT2D eigenvalue weighted by molar-refractivity contribution is 5.89. The number of hydrogen-bond donors (Lipinski definition) is 3. The zero-order valence-electron chi connectivity index (χ0n) is 10.3. The van der Waals surface area contributed by atoms with E-state index < -0.39 is 5.97 Å². The van der Waals surface area contributed by atoms with Gasteiger partial charge < -0.3 is 16.2 Å². The van der Waals surface area contributed by atoms with Gasteiger partial charge >= 0.3 is 5.97 Å². The van der Waals surface area contributed by atoms with Crippen LogP contribution >= 0.6 is 0 Å². The quantitative estimate of drug-likeness (QED) is 0.690. The van der Waals surface area contributed by atoms with Crippen LogP contribution in [0, 0.1) is 5.92 Å². The van der Waals surface area contributed by atoms with Gasteiger partial charge in [-0.2, -0.15) is 0 Å². The summed E-state index contributed by atoms with van der Waals surface area (Å²) in [6, 6.07) is 6.78. The maximum absolute atomic E-state index is 11.5. The molecule has 4 N–H and O–H groups in total. The molecule has 0 aliphatic carbocycles. The third kappa shape index (κ3) is 3.85. The number of nitrogens with two attached hydrogens (primary N) is 1. The number of nitrogens with one attached hydrogen (secondary N) is 1. The van der Waals surface area contributed by atoms with Crippen LogP contribution in [0.4, 0.5) is 0 Å². The van der Waals surface area contributed by atoms with E-state index in [1.54, 1.807) is 31.2 Å². The standard InChI is InChI=1S/C13H18N2O3/c1-9(8-14)12(16)15-7-6-10-4-2-3-5-11(10)13(17)18/h2-5,9H,6-8,14H2,1H3,(H,15,16)(H,17,18). The number of carbonyl (C=O) groups excluding carboxylic acids is 1. The number of carbonyl (C=O) groups is 2. The van der Waals surface area contributed by atoms with Crippen molar-refractivity contribution in [2.24, 2.45) is 11.7 Å². The third-order valence-electron chi connectivity index (χ3n) is 2.74. The summed E-state index contributed by atoms with van der Waals surface area (Å²) in [7, 11) is 0. The molecule has 0 saturated carbocycles. The first-order chi connectivity index (χ1) is 8.56. The van der Waals surface area contributed by atoms with Crippen LogP contribution in [-0.2, 0) is 11.2 Å². The van der Waals surface area contributed by atoms with E-state index in [9.17, 15) is 9.59 Å². The van der Waals surface area contributed by atoms with Gasteiger partial charge in [0, 0.05) is 19.0 Å². The van der Waals surface area contributed by atoms with Crippen LogP contribution in [0.25, 0.3) is 0 Å². The second-order valence-corrected chi connectivity index (χ2v) is 4.14. The molecule has 5 nitrogen and oxygen atoms in total. The predicted octanol–water partition coefficient (Wildman–Crippen LogP) is 0.638. The van der Waals surface area contributed by atoms with E-state index >= 15 is 0 Å². The lowest BCUT2D eigenvalue weighted by molar-refractivity contribution is -0.124. The molecule has 0 aliphatic rings. The fourth-order valence-electron chi connectivity index (χ4n) is 1.55. The zero-order valence-corrected chi connectivity index (χ0v) is 10.3. The van der Waals surface area contributed by atoms with E-state index in [1.165, 1.54) is 0 Å². The summed E-state index contributed by atoms with van der Waals surface area (Å²) in [5.41, 5.74) is 6.37. The molecule has 1 atom stereocenters. The molecule has 0 fully saturated rings. The van der Waals surface area contributed by atoms with Crippen molar-refractivity contribution in [2.75, 3.05) is 13.1 Å². The third-order valence-corrected chi connectivity index (χ3v) is 2.74. The van der Waals surface area contributed by atoms with Gasteiger partial charge in [-0.25, -0.2) is 4.79 Å². The molecule has 5 heteroatoms. The second kappa shape index (κ2) is 6.76. The van der Waals surface area contributed by atoms with Crippen LogP contribution in [0.5, 0.6) is 0 Å². The Kier molecular flexibility index (Phi) is 5.32. The van der Waals surface area contributed by atoms with Gasteiger partial charge in [0.25, 0.3) is 0 Å². The van der Waals surface area contributed by atoms with Crippen LogP contribution in [-0.4, -0.2) is 30.1 Å². The minimum absolute atomic E-state index is 0.106. The molecule has 1 rings (SSSR count). The van der Waals surface area contributed by atoms with E-state index in [2.05, 4.69) is 5.32 Å². The molecule has 0 spiro atoms. The van der Waals surface area contributed by atoms with E-state index in [0.29, 0.717) is 25.1 Å². The highest BCUT2D eigenvalue weighted by Gasteiger charge is 2.11. The van der Waals surface area contributed by atoms with E-state index in [1.807, 2.05) is 0 Å². The Hall–Kier alpha value is -1.88. The average molecular weight is 250 g/mol. The molecular formula is C13H18N2O3. The Morgan fingerprint density at radius 3 is 2.67 bits per heavy atom. The molecule has 1 amide bonds. The van der Waals surface area contributed by atoms with E-state index in [-0.39, 0.29) is 17.4 Å². The molecule has 0 bridgehead atoms. The van der Waals surface area contributed by atoms with Crippen LogP contribution in [0.15, 0.2) is 24.3 Å². The Morgan fingerprint density at radius 2 is 2.06 bits per heavy atom. The SMILES string of the molecule is CC(CN)C(=O)NCCc1ccccc1C(=O)O. The maximum atomic E-state index is 11.5. The van der Waals surface area contributed by atoms with Crippen molar-refractivity contribution in [1.29, 1.82) is 0 Å². The summed E-state index contributed by atoms with van der Waals surface area (Å²) in [5, 5.41) is 11.7. The lowest BCUT2D eigenvalue weighted by Gasteiger charge is -2.10. The Bertz CT molecular complexity index is 432. The van der Waals surface area contributed by atoms with Gasteiger partial charge in [0.05, 0.1) is 5.56 Å². The lowest BCUT2D eigenvalue weighted by atomic mass is 10.0. The van der Waals surface area contributed by atoms with E-state index in [4.69, 9.17) is 10.8 Å².